The maximum atomic E-state index is 12.5. The number of nitrogens with zero attached hydrogens (tertiary/aromatic N) is 2. The molecule has 154 valence electrons. The minimum absolute atomic E-state index is 0.307. The van der Waals surface area contributed by atoms with Crippen molar-refractivity contribution in [2.75, 3.05) is 10.6 Å². The van der Waals surface area contributed by atoms with E-state index in [1.165, 1.54) is 18.2 Å². The third-order valence-electron chi connectivity index (χ3n) is 3.60. The smallest absolute Gasteiger partial charge is 0.467 e. The molecular formula is C20H21F3N4O2. The summed E-state index contributed by atoms with van der Waals surface area (Å²) in [5.74, 6) is 1.25. The predicted octanol–water partition coefficient (Wildman–Crippen LogP) is 5.46. The number of hydrogen-bond donors (Lipinski definition) is 2. The van der Waals surface area contributed by atoms with E-state index < -0.39 is 6.36 Å². The number of benzene rings is 1. The fraction of sp³-hybridized carbons (Fsp3) is 0.300. The first-order valence-corrected chi connectivity index (χ1v) is 8.87. The van der Waals surface area contributed by atoms with Crippen LogP contribution in [0.2, 0.25) is 0 Å². The van der Waals surface area contributed by atoms with Gasteiger partial charge >= 0.3 is 6.36 Å². The van der Waals surface area contributed by atoms with Gasteiger partial charge in [-0.2, -0.15) is 4.98 Å². The Bertz CT molecular complexity index is 951. The van der Waals surface area contributed by atoms with Crippen LogP contribution < -0.4 is 15.4 Å². The van der Waals surface area contributed by atoms with E-state index in [2.05, 4.69) is 25.3 Å². The highest BCUT2D eigenvalue weighted by molar-refractivity contribution is 5.66. The molecule has 0 atom stereocenters. The van der Waals surface area contributed by atoms with E-state index in [0.717, 1.165) is 5.76 Å². The molecule has 1 aromatic carbocycles. The van der Waals surface area contributed by atoms with Crippen molar-refractivity contribution < 1.29 is 22.3 Å². The number of ether oxygens (including phenoxy) is 1. The molecule has 0 unspecified atom stereocenters. The van der Waals surface area contributed by atoms with Gasteiger partial charge in [0.2, 0.25) is 5.95 Å². The molecule has 0 bridgehead atoms. The minimum Gasteiger partial charge on any atom is -0.467 e. The van der Waals surface area contributed by atoms with Gasteiger partial charge in [0, 0.05) is 17.2 Å². The van der Waals surface area contributed by atoms with Gasteiger partial charge in [0.1, 0.15) is 17.3 Å². The lowest BCUT2D eigenvalue weighted by Gasteiger charge is -2.21. The summed E-state index contributed by atoms with van der Waals surface area (Å²) in [5.41, 5.74) is 0.603. The quantitative estimate of drug-likeness (QED) is 0.567. The number of aromatic nitrogens is 2. The van der Waals surface area contributed by atoms with Gasteiger partial charge in [0.15, 0.2) is 0 Å². The molecule has 9 heteroatoms. The summed E-state index contributed by atoms with van der Waals surface area (Å²) in [4.78, 5) is 8.89. The molecule has 0 aliphatic carbocycles. The Labute approximate surface area is 166 Å². The molecule has 0 aliphatic heterocycles. The Hall–Kier alpha value is -3.23. The molecule has 0 spiro atoms. The van der Waals surface area contributed by atoms with Crippen LogP contribution in [0.15, 0.2) is 53.1 Å². The van der Waals surface area contributed by atoms with E-state index >= 15 is 0 Å². The molecule has 2 heterocycles. The fourth-order valence-electron chi connectivity index (χ4n) is 2.52. The number of nitrogens with one attached hydrogen (secondary N) is 2. The summed E-state index contributed by atoms with van der Waals surface area (Å²) in [6.07, 6.45) is -3.19. The summed E-state index contributed by atoms with van der Waals surface area (Å²) < 4.78 is 47.0. The fourth-order valence-corrected chi connectivity index (χ4v) is 2.52. The molecule has 0 saturated carbocycles. The standard InChI is InChI=1S/C20H21F3N4O2/c1-19(2,3)27-18-25-16(11-17(26-18)24-12-15-8-5-9-28-15)13-6-4-7-14(10-13)29-20(21,22)23/h4-11H,12H2,1-3H3,(H2,24,25,26,27). The predicted molar refractivity (Wildman–Crippen MR) is 104 cm³/mol. The second kappa shape index (κ2) is 8.02. The van der Waals surface area contributed by atoms with Crippen LogP contribution in [-0.2, 0) is 6.54 Å². The van der Waals surface area contributed by atoms with Crippen LogP contribution in [0, 0.1) is 0 Å². The molecule has 2 aromatic heterocycles. The number of halogens is 3. The van der Waals surface area contributed by atoms with Crippen LogP contribution in [0.5, 0.6) is 5.75 Å². The lowest BCUT2D eigenvalue weighted by Crippen LogP contribution is -2.27. The molecular weight excluding hydrogens is 385 g/mol. The molecule has 6 nitrogen and oxygen atoms in total. The van der Waals surface area contributed by atoms with Crippen molar-refractivity contribution in [2.45, 2.75) is 39.2 Å². The van der Waals surface area contributed by atoms with E-state index in [4.69, 9.17) is 4.42 Å². The first kappa shape index (κ1) is 20.5. The molecule has 2 N–H and O–H groups in total. The van der Waals surface area contributed by atoms with Crippen LogP contribution in [0.1, 0.15) is 26.5 Å². The molecule has 0 amide bonds. The van der Waals surface area contributed by atoms with Gasteiger partial charge in [0.05, 0.1) is 18.5 Å². The topological polar surface area (TPSA) is 72.2 Å². The Kier molecular flexibility index (Phi) is 5.67. The average molecular weight is 406 g/mol. The number of alkyl halides is 3. The van der Waals surface area contributed by atoms with Crippen molar-refractivity contribution in [3.8, 4) is 17.0 Å². The first-order chi connectivity index (χ1) is 13.6. The molecule has 0 radical (unpaired) electrons. The highest BCUT2D eigenvalue weighted by atomic mass is 19.4. The number of anilines is 2. The van der Waals surface area contributed by atoms with Crippen molar-refractivity contribution >= 4 is 11.8 Å². The van der Waals surface area contributed by atoms with Gasteiger partial charge in [-0.3, -0.25) is 0 Å². The van der Waals surface area contributed by atoms with Crippen LogP contribution >= 0.6 is 0 Å². The van der Waals surface area contributed by atoms with Crippen molar-refractivity contribution in [3.63, 3.8) is 0 Å². The third-order valence-corrected chi connectivity index (χ3v) is 3.60. The maximum absolute atomic E-state index is 12.5. The first-order valence-electron chi connectivity index (χ1n) is 8.87. The SMILES string of the molecule is CC(C)(C)Nc1nc(NCc2ccco2)cc(-c2cccc(OC(F)(F)F)c2)n1. The lowest BCUT2D eigenvalue weighted by atomic mass is 10.1. The Morgan fingerprint density at radius 1 is 1.03 bits per heavy atom. The van der Waals surface area contributed by atoms with E-state index in [9.17, 15) is 13.2 Å². The van der Waals surface area contributed by atoms with Crippen molar-refractivity contribution in [1.82, 2.24) is 9.97 Å². The van der Waals surface area contributed by atoms with E-state index in [0.29, 0.717) is 29.6 Å². The summed E-state index contributed by atoms with van der Waals surface area (Å²) in [6, 6.07) is 10.9. The van der Waals surface area contributed by atoms with Gasteiger partial charge in [-0.15, -0.1) is 13.2 Å². The Morgan fingerprint density at radius 3 is 2.48 bits per heavy atom. The molecule has 3 rings (SSSR count). The average Bonchev–Trinajstić information content (AvgIpc) is 3.10. The zero-order chi connectivity index (χ0) is 21.1. The number of hydrogen-bond acceptors (Lipinski definition) is 6. The van der Waals surface area contributed by atoms with Gasteiger partial charge in [0.25, 0.3) is 0 Å². The van der Waals surface area contributed by atoms with Crippen LogP contribution in [0.3, 0.4) is 0 Å². The molecule has 0 saturated heterocycles. The molecule has 0 fully saturated rings. The number of rotatable bonds is 6. The molecule has 0 aliphatic rings. The Balaban J connectivity index is 1.93. The second-order valence-electron chi connectivity index (χ2n) is 7.35. The summed E-state index contributed by atoms with van der Waals surface area (Å²) in [7, 11) is 0. The summed E-state index contributed by atoms with van der Waals surface area (Å²) in [5, 5.41) is 6.32. The van der Waals surface area contributed by atoms with Crippen LogP contribution in [-0.4, -0.2) is 21.9 Å². The zero-order valence-corrected chi connectivity index (χ0v) is 16.2. The highest BCUT2D eigenvalue weighted by Crippen LogP contribution is 2.29. The second-order valence-corrected chi connectivity index (χ2v) is 7.35. The van der Waals surface area contributed by atoms with Gasteiger partial charge in [-0.05, 0) is 45.0 Å². The lowest BCUT2D eigenvalue weighted by molar-refractivity contribution is -0.274. The van der Waals surface area contributed by atoms with Gasteiger partial charge in [-0.1, -0.05) is 12.1 Å². The largest absolute Gasteiger partial charge is 0.573 e. The van der Waals surface area contributed by atoms with Crippen molar-refractivity contribution in [1.29, 1.82) is 0 Å². The van der Waals surface area contributed by atoms with Crippen molar-refractivity contribution in [2.24, 2.45) is 0 Å². The maximum Gasteiger partial charge on any atom is 0.573 e. The van der Waals surface area contributed by atoms with E-state index in [1.807, 2.05) is 26.8 Å². The molecule has 3 aromatic rings. The summed E-state index contributed by atoms with van der Waals surface area (Å²) >= 11 is 0. The zero-order valence-electron chi connectivity index (χ0n) is 16.2. The van der Waals surface area contributed by atoms with E-state index in [1.54, 1.807) is 24.5 Å². The minimum atomic E-state index is -4.76. The Morgan fingerprint density at radius 2 is 1.83 bits per heavy atom. The van der Waals surface area contributed by atoms with Gasteiger partial charge in [-0.25, -0.2) is 4.98 Å². The van der Waals surface area contributed by atoms with Gasteiger partial charge < -0.3 is 19.8 Å². The van der Waals surface area contributed by atoms with Crippen molar-refractivity contribution in [3.05, 3.63) is 54.5 Å². The third kappa shape index (κ3) is 6.41. The normalized spacial score (nSPS) is 11.9. The number of furan rings is 1. The van der Waals surface area contributed by atoms with Crippen LogP contribution in [0.25, 0.3) is 11.3 Å². The monoisotopic (exact) mass is 406 g/mol. The van der Waals surface area contributed by atoms with Crippen LogP contribution in [0.4, 0.5) is 24.9 Å². The highest BCUT2D eigenvalue weighted by Gasteiger charge is 2.31. The summed E-state index contributed by atoms with van der Waals surface area (Å²) in [6.45, 7) is 6.26. The van der Waals surface area contributed by atoms with E-state index in [-0.39, 0.29) is 11.3 Å². The molecule has 29 heavy (non-hydrogen) atoms.